The molecule has 0 N–H and O–H groups in total. The lowest BCUT2D eigenvalue weighted by Gasteiger charge is -2.36. The summed E-state index contributed by atoms with van der Waals surface area (Å²) in [6.07, 6.45) is 8.41. The summed E-state index contributed by atoms with van der Waals surface area (Å²) < 4.78 is 5.10. The molecule has 1 aromatic rings. The maximum Gasteiger partial charge on any atom is 0.246 e. The molecule has 6 nitrogen and oxygen atoms in total. The molecule has 1 atom stereocenters. The molecule has 1 fully saturated rings. The third-order valence-electron chi connectivity index (χ3n) is 4.39. The summed E-state index contributed by atoms with van der Waals surface area (Å²) in [4.78, 5) is 32.4. The molecule has 0 saturated carbocycles. The van der Waals surface area contributed by atoms with Crippen LogP contribution in [0.25, 0.3) is 0 Å². The molecule has 23 heavy (non-hydrogen) atoms. The number of ether oxygens (including phenoxy) is 1. The van der Waals surface area contributed by atoms with Crippen LogP contribution in [0, 0.1) is 5.92 Å². The molecule has 1 aliphatic heterocycles. The molecular formula is C17H21N3O3. The van der Waals surface area contributed by atoms with Crippen LogP contribution >= 0.6 is 0 Å². The molecule has 1 saturated heterocycles. The number of allylic oxidation sites excluding steroid dienone is 2. The maximum absolute atomic E-state index is 12.5. The van der Waals surface area contributed by atoms with Crippen LogP contribution in [0.5, 0.6) is 5.88 Å². The minimum atomic E-state index is -0.0656. The van der Waals surface area contributed by atoms with Crippen molar-refractivity contribution >= 4 is 17.5 Å². The first-order chi connectivity index (χ1) is 11.2. The van der Waals surface area contributed by atoms with Crippen molar-refractivity contribution in [2.75, 3.05) is 31.6 Å². The topological polar surface area (TPSA) is 62.7 Å². The van der Waals surface area contributed by atoms with Crippen LogP contribution in [0.3, 0.4) is 0 Å². The van der Waals surface area contributed by atoms with Crippen LogP contribution in [0.2, 0.25) is 0 Å². The zero-order valence-corrected chi connectivity index (χ0v) is 13.3. The molecule has 0 radical (unpaired) electrons. The zero-order valence-electron chi connectivity index (χ0n) is 13.3. The predicted molar refractivity (Wildman–Crippen MR) is 86.2 cm³/mol. The number of rotatable bonds is 3. The summed E-state index contributed by atoms with van der Waals surface area (Å²) in [7, 11) is 1.54. The highest BCUT2D eigenvalue weighted by Crippen LogP contribution is 2.24. The Labute approximate surface area is 135 Å². The molecule has 0 spiro atoms. The Morgan fingerprint density at radius 1 is 1.35 bits per heavy atom. The van der Waals surface area contributed by atoms with E-state index in [0.717, 1.165) is 24.9 Å². The molecule has 122 valence electrons. The highest BCUT2D eigenvalue weighted by Gasteiger charge is 2.31. The van der Waals surface area contributed by atoms with Gasteiger partial charge in [0, 0.05) is 31.3 Å². The molecule has 0 aromatic carbocycles. The largest absolute Gasteiger partial charge is 0.481 e. The fourth-order valence-electron chi connectivity index (χ4n) is 3.09. The standard InChI is InChI=1S/C17H21N3O3/c1-23-15-11-14(7-8-18-15)20-10-9-19(12-16(20)21)17(22)13-5-3-2-4-6-13/h2-3,7-8,11,13H,4-6,9-10,12H2,1H3. The van der Waals surface area contributed by atoms with Gasteiger partial charge in [-0.3, -0.25) is 9.59 Å². The van der Waals surface area contributed by atoms with Crippen molar-refractivity contribution in [3.05, 3.63) is 30.5 Å². The molecule has 6 heteroatoms. The number of anilines is 1. The second kappa shape index (κ2) is 6.81. The molecule has 2 heterocycles. The minimum Gasteiger partial charge on any atom is -0.481 e. The van der Waals surface area contributed by atoms with Gasteiger partial charge in [-0.1, -0.05) is 12.2 Å². The lowest BCUT2D eigenvalue weighted by atomic mass is 9.93. The van der Waals surface area contributed by atoms with Gasteiger partial charge in [-0.05, 0) is 25.3 Å². The third-order valence-corrected chi connectivity index (χ3v) is 4.39. The second-order valence-corrected chi connectivity index (χ2v) is 5.84. The zero-order chi connectivity index (χ0) is 16.2. The summed E-state index contributed by atoms with van der Waals surface area (Å²) >= 11 is 0. The SMILES string of the molecule is COc1cc(N2CCN(C(=O)C3CC=CCC3)CC2=O)ccn1. The van der Waals surface area contributed by atoms with Gasteiger partial charge in [0.2, 0.25) is 17.7 Å². The highest BCUT2D eigenvalue weighted by molar-refractivity contribution is 5.98. The van der Waals surface area contributed by atoms with E-state index in [1.807, 2.05) is 0 Å². The highest BCUT2D eigenvalue weighted by atomic mass is 16.5. The predicted octanol–water partition coefficient (Wildman–Crippen LogP) is 1.62. The van der Waals surface area contributed by atoms with E-state index in [4.69, 9.17) is 4.74 Å². The number of amides is 2. The number of pyridine rings is 1. The van der Waals surface area contributed by atoms with Crippen LogP contribution in [-0.2, 0) is 9.59 Å². The average Bonchev–Trinajstić information content (AvgIpc) is 2.61. The van der Waals surface area contributed by atoms with Gasteiger partial charge in [-0.25, -0.2) is 4.98 Å². The smallest absolute Gasteiger partial charge is 0.246 e. The van der Waals surface area contributed by atoms with Crippen LogP contribution in [0.1, 0.15) is 19.3 Å². The molecule has 2 amide bonds. The molecule has 1 aromatic heterocycles. The lowest BCUT2D eigenvalue weighted by Crippen LogP contribution is -2.53. The van der Waals surface area contributed by atoms with Gasteiger partial charge in [-0.15, -0.1) is 0 Å². The summed E-state index contributed by atoms with van der Waals surface area (Å²) in [6, 6.07) is 3.52. The monoisotopic (exact) mass is 315 g/mol. The van der Waals surface area contributed by atoms with E-state index in [0.29, 0.717) is 19.0 Å². The van der Waals surface area contributed by atoms with Crippen molar-refractivity contribution in [2.24, 2.45) is 5.92 Å². The Balaban J connectivity index is 1.66. The first-order valence-electron chi connectivity index (χ1n) is 7.93. The van der Waals surface area contributed by atoms with Crippen molar-refractivity contribution in [3.8, 4) is 5.88 Å². The fraction of sp³-hybridized carbons (Fsp3) is 0.471. The van der Waals surface area contributed by atoms with Crippen molar-refractivity contribution in [3.63, 3.8) is 0 Å². The van der Waals surface area contributed by atoms with E-state index in [1.54, 1.807) is 35.2 Å². The Kier molecular flexibility index (Phi) is 4.60. The average molecular weight is 315 g/mol. The van der Waals surface area contributed by atoms with Crippen LogP contribution in [0.4, 0.5) is 5.69 Å². The first-order valence-corrected chi connectivity index (χ1v) is 7.93. The number of methoxy groups -OCH3 is 1. The molecule has 0 bridgehead atoms. The quantitative estimate of drug-likeness (QED) is 0.795. The second-order valence-electron chi connectivity index (χ2n) is 5.84. The molecule has 2 aliphatic rings. The summed E-state index contributed by atoms with van der Waals surface area (Å²) in [5.41, 5.74) is 0.759. The third kappa shape index (κ3) is 3.36. The van der Waals surface area contributed by atoms with Gasteiger partial charge in [0.25, 0.3) is 0 Å². The summed E-state index contributed by atoms with van der Waals surface area (Å²) in [6.45, 7) is 1.21. The lowest BCUT2D eigenvalue weighted by molar-refractivity contribution is -0.140. The molecule has 1 unspecified atom stereocenters. The van der Waals surface area contributed by atoms with Gasteiger partial charge >= 0.3 is 0 Å². The number of carbonyl (C=O) groups excluding carboxylic acids is 2. The number of aromatic nitrogens is 1. The van der Waals surface area contributed by atoms with Crippen LogP contribution in [-0.4, -0.2) is 48.4 Å². The Hall–Kier alpha value is -2.37. The summed E-state index contributed by atoms with van der Waals surface area (Å²) in [5, 5.41) is 0. The first kappa shape index (κ1) is 15.5. The maximum atomic E-state index is 12.5. The molecular weight excluding hydrogens is 294 g/mol. The number of nitrogens with zero attached hydrogens (tertiary/aromatic N) is 3. The van der Waals surface area contributed by atoms with Crippen molar-refractivity contribution in [1.82, 2.24) is 9.88 Å². The normalized spacial score (nSPS) is 21.4. The number of hydrogen-bond acceptors (Lipinski definition) is 4. The number of carbonyl (C=O) groups is 2. The van der Waals surface area contributed by atoms with E-state index < -0.39 is 0 Å². The van der Waals surface area contributed by atoms with Crippen molar-refractivity contribution in [1.29, 1.82) is 0 Å². The Morgan fingerprint density at radius 3 is 2.91 bits per heavy atom. The van der Waals surface area contributed by atoms with E-state index in [1.165, 1.54) is 0 Å². The Bertz CT molecular complexity index is 629. The fourth-order valence-corrected chi connectivity index (χ4v) is 3.09. The number of piperazine rings is 1. The van der Waals surface area contributed by atoms with Crippen LogP contribution < -0.4 is 9.64 Å². The Morgan fingerprint density at radius 2 is 2.22 bits per heavy atom. The van der Waals surface area contributed by atoms with Gasteiger partial charge in [0.15, 0.2) is 0 Å². The van der Waals surface area contributed by atoms with Gasteiger partial charge in [-0.2, -0.15) is 0 Å². The van der Waals surface area contributed by atoms with E-state index in [9.17, 15) is 9.59 Å². The number of hydrogen-bond donors (Lipinski definition) is 0. The van der Waals surface area contributed by atoms with Crippen molar-refractivity contribution in [2.45, 2.75) is 19.3 Å². The minimum absolute atomic E-state index is 0.0281. The summed E-state index contributed by atoms with van der Waals surface area (Å²) in [5.74, 6) is 0.544. The van der Waals surface area contributed by atoms with Gasteiger partial charge < -0.3 is 14.5 Å². The van der Waals surface area contributed by atoms with E-state index in [2.05, 4.69) is 17.1 Å². The van der Waals surface area contributed by atoms with Crippen molar-refractivity contribution < 1.29 is 14.3 Å². The van der Waals surface area contributed by atoms with Crippen LogP contribution in [0.15, 0.2) is 30.5 Å². The van der Waals surface area contributed by atoms with E-state index >= 15 is 0 Å². The van der Waals surface area contributed by atoms with E-state index in [-0.39, 0.29) is 24.3 Å². The molecule has 3 rings (SSSR count). The molecule has 1 aliphatic carbocycles. The van der Waals surface area contributed by atoms with Gasteiger partial charge in [0.1, 0.15) is 6.54 Å². The van der Waals surface area contributed by atoms with Gasteiger partial charge in [0.05, 0.1) is 12.8 Å².